The molecule has 16 heavy (non-hydrogen) atoms. The van der Waals surface area contributed by atoms with Crippen LogP contribution in [0.15, 0.2) is 27.4 Å². The Labute approximate surface area is 99.9 Å². The molecule has 2 rings (SSSR count). The third kappa shape index (κ3) is 2.84. The van der Waals surface area contributed by atoms with Crippen molar-refractivity contribution in [1.29, 1.82) is 0 Å². The summed E-state index contributed by atoms with van der Waals surface area (Å²) in [6.45, 7) is 0. The van der Waals surface area contributed by atoms with Gasteiger partial charge in [0.25, 0.3) is 0 Å². The standard InChI is InChI=1S/C9H7ClO4S2/c10-16(12,13)4-3-6-1-2-7-8(5-6)15-9(11)14-7/h1-2,5H,3-4H2. The maximum absolute atomic E-state index is 11.0. The summed E-state index contributed by atoms with van der Waals surface area (Å²) in [4.78, 5) is 10.6. The fraction of sp³-hybridized carbons (Fsp3) is 0.222. The average molecular weight is 279 g/mol. The van der Waals surface area contributed by atoms with E-state index in [2.05, 4.69) is 0 Å². The van der Waals surface area contributed by atoms with Crippen LogP contribution in [0, 0.1) is 0 Å². The highest BCUT2D eigenvalue weighted by molar-refractivity contribution is 8.13. The Hall–Kier alpha value is -0.850. The largest absolute Gasteiger partial charge is 0.414 e. The number of aryl methyl sites for hydroxylation is 1. The molecule has 0 aliphatic rings. The number of benzene rings is 1. The third-order valence-corrected chi connectivity index (χ3v) is 3.97. The van der Waals surface area contributed by atoms with Crippen LogP contribution in [0.4, 0.5) is 0 Å². The Morgan fingerprint density at radius 3 is 2.81 bits per heavy atom. The van der Waals surface area contributed by atoms with Gasteiger partial charge in [0.2, 0.25) is 9.05 Å². The topological polar surface area (TPSA) is 64.3 Å². The molecule has 2 aromatic rings. The summed E-state index contributed by atoms with van der Waals surface area (Å²) in [6.07, 6.45) is 0.327. The van der Waals surface area contributed by atoms with Gasteiger partial charge < -0.3 is 4.42 Å². The highest BCUT2D eigenvalue weighted by Crippen LogP contribution is 2.19. The zero-order chi connectivity index (χ0) is 11.8. The lowest BCUT2D eigenvalue weighted by Gasteiger charge is -1.98. The second-order valence-electron chi connectivity index (χ2n) is 3.23. The molecular weight excluding hydrogens is 272 g/mol. The first-order chi connectivity index (χ1) is 7.44. The van der Waals surface area contributed by atoms with E-state index in [1.165, 1.54) is 0 Å². The van der Waals surface area contributed by atoms with Gasteiger partial charge in [-0.15, -0.1) is 0 Å². The van der Waals surface area contributed by atoms with Crippen LogP contribution in [-0.2, 0) is 15.5 Å². The summed E-state index contributed by atoms with van der Waals surface area (Å²) in [7, 11) is 1.63. The molecular formula is C9H7ClO4S2. The molecule has 0 amide bonds. The van der Waals surface area contributed by atoms with Crippen LogP contribution in [0.2, 0.25) is 0 Å². The fourth-order valence-corrected chi connectivity index (χ4v) is 2.75. The van der Waals surface area contributed by atoms with Crippen molar-refractivity contribution in [2.75, 3.05) is 5.75 Å². The van der Waals surface area contributed by atoms with Gasteiger partial charge in [0.15, 0.2) is 0 Å². The monoisotopic (exact) mass is 278 g/mol. The van der Waals surface area contributed by atoms with Crippen molar-refractivity contribution in [3.8, 4) is 0 Å². The van der Waals surface area contributed by atoms with Crippen molar-refractivity contribution in [3.05, 3.63) is 33.5 Å². The van der Waals surface area contributed by atoms with E-state index in [-0.39, 0.29) is 10.7 Å². The van der Waals surface area contributed by atoms with Crippen molar-refractivity contribution >= 4 is 41.4 Å². The lowest BCUT2D eigenvalue weighted by Crippen LogP contribution is -2.00. The van der Waals surface area contributed by atoms with Crippen LogP contribution in [-0.4, -0.2) is 14.2 Å². The van der Waals surface area contributed by atoms with Gasteiger partial charge in [-0.2, -0.15) is 0 Å². The smallest absolute Gasteiger partial charge is 0.396 e. The molecule has 0 bridgehead atoms. The van der Waals surface area contributed by atoms with Gasteiger partial charge in [0, 0.05) is 10.7 Å². The van der Waals surface area contributed by atoms with Crippen molar-refractivity contribution < 1.29 is 12.8 Å². The number of rotatable bonds is 3. The summed E-state index contributed by atoms with van der Waals surface area (Å²) in [5, 5.41) is 0. The van der Waals surface area contributed by atoms with Crippen molar-refractivity contribution in [2.24, 2.45) is 0 Å². The molecule has 1 aromatic heterocycles. The summed E-state index contributed by atoms with van der Waals surface area (Å²) in [5.74, 6) is -0.118. The average Bonchev–Trinajstić information content (AvgIpc) is 2.52. The first kappa shape index (κ1) is 11.6. The van der Waals surface area contributed by atoms with E-state index >= 15 is 0 Å². The Kier molecular flexibility index (Phi) is 3.05. The van der Waals surface area contributed by atoms with Crippen molar-refractivity contribution in [3.63, 3.8) is 0 Å². The summed E-state index contributed by atoms with van der Waals surface area (Å²) in [5.41, 5.74) is 1.33. The molecule has 0 spiro atoms. The van der Waals surface area contributed by atoms with Crippen LogP contribution >= 0.6 is 22.0 Å². The molecule has 7 heteroatoms. The zero-order valence-electron chi connectivity index (χ0n) is 7.97. The molecule has 0 radical (unpaired) electrons. The highest BCUT2D eigenvalue weighted by atomic mass is 35.7. The highest BCUT2D eigenvalue weighted by Gasteiger charge is 2.07. The van der Waals surface area contributed by atoms with Crippen LogP contribution in [0.1, 0.15) is 5.56 Å². The van der Waals surface area contributed by atoms with Gasteiger partial charge in [0.05, 0.1) is 10.5 Å². The summed E-state index contributed by atoms with van der Waals surface area (Å²) >= 11 is 0.995. The second kappa shape index (κ2) is 4.20. The minimum Gasteiger partial charge on any atom is -0.414 e. The number of fused-ring (bicyclic) bond motifs is 1. The van der Waals surface area contributed by atoms with Gasteiger partial charge in [-0.25, -0.2) is 13.2 Å². The Morgan fingerprint density at radius 2 is 2.12 bits per heavy atom. The molecule has 86 valence electrons. The Bertz CT molecular complexity index is 668. The second-order valence-corrected chi connectivity index (χ2v) is 7.10. The minimum atomic E-state index is -3.48. The first-order valence-corrected chi connectivity index (χ1v) is 7.68. The number of hydrogen-bond acceptors (Lipinski definition) is 5. The van der Waals surface area contributed by atoms with Gasteiger partial charge in [0.1, 0.15) is 5.58 Å². The predicted octanol–water partition coefficient (Wildman–Crippen LogP) is 1.97. The fourth-order valence-electron chi connectivity index (χ4n) is 1.31. The van der Waals surface area contributed by atoms with E-state index in [0.29, 0.717) is 12.0 Å². The lowest BCUT2D eigenvalue weighted by molar-refractivity contribution is 0.585. The molecule has 0 unspecified atom stereocenters. The number of halogens is 1. The van der Waals surface area contributed by atoms with Crippen molar-refractivity contribution in [1.82, 2.24) is 0 Å². The molecule has 0 atom stereocenters. The zero-order valence-corrected chi connectivity index (χ0v) is 10.4. The summed E-state index contributed by atoms with van der Waals surface area (Å²) in [6, 6.07) is 5.12. The van der Waals surface area contributed by atoms with Crippen LogP contribution in [0.25, 0.3) is 10.3 Å². The lowest BCUT2D eigenvalue weighted by atomic mass is 10.2. The van der Waals surface area contributed by atoms with E-state index in [4.69, 9.17) is 15.1 Å². The van der Waals surface area contributed by atoms with Gasteiger partial charge in [-0.1, -0.05) is 17.4 Å². The van der Waals surface area contributed by atoms with E-state index in [0.717, 1.165) is 21.6 Å². The quantitative estimate of drug-likeness (QED) is 0.805. The van der Waals surface area contributed by atoms with E-state index in [9.17, 15) is 13.2 Å². The first-order valence-electron chi connectivity index (χ1n) is 4.39. The maximum Gasteiger partial charge on any atom is 0.396 e. The molecule has 0 aliphatic heterocycles. The van der Waals surface area contributed by atoms with E-state index in [1.807, 2.05) is 0 Å². The predicted molar refractivity (Wildman–Crippen MR) is 63.7 cm³/mol. The van der Waals surface area contributed by atoms with Crippen LogP contribution in [0.3, 0.4) is 0 Å². The molecule has 1 aromatic carbocycles. The van der Waals surface area contributed by atoms with E-state index < -0.39 is 9.05 Å². The number of hydrogen-bond donors (Lipinski definition) is 0. The van der Waals surface area contributed by atoms with Crippen LogP contribution in [0.5, 0.6) is 0 Å². The normalized spacial score (nSPS) is 12.1. The molecule has 0 N–H and O–H groups in total. The minimum absolute atomic E-state index is 0.118. The molecule has 0 saturated heterocycles. The van der Waals surface area contributed by atoms with Crippen LogP contribution < -0.4 is 4.94 Å². The van der Waals surface area contributed by atoms with Gasteiger partial charge in [-0.05, 0) is 24.1 Å². The summed E-state index contributed by atoms with van der Waals surface area (Å²) < 4.78 is 27.1. The third-order valence-electron chi connectivity index (χ3n) is 2.03. The van der Waals surface area contributed by atoms with Gasteiger partial charge >= 0.3 is 4.94 Å². The molecule has 0 fully saturated rings. The molecule has 0 aliphatic carbocycles. The van der Waals surface area contributed by atoms with E-state index in [1.54, 1.807) is 18.2 Å². The van der Waals surface area contributed by atoms with Gasteiger partial charge in [-0.3, -0.25) is 0 Å². The Balaban J connectivity index is 2.29. The molecule has 0 saturated carbocycles. The molecule has 1 heterocycles. The molecule has 4 nitrogen and oxygen atoms in total. The maximum atomic E-state index is 11.0. The Morgan fingerprint density at radius 1 is 1.38 bits per heavy atom. The SMILES string of the molecule is O=c1oc2ccc(CCS(=O)(=O)Cl)cc2s1. The van der Waals surface area contributed by atoms with Crippen molar-refractivity contribution in [2.45, 2.75) is 6.42 Å².